The van der Waals surface area contributed by atoms with Crippen molar-refractivity contribution in [2.45, 2.75) is 32.6 Å². The van der Waals surface area contributed by atoms with Crippen molar-refractivity contribution in [1.82, 2.24) is 9.88 Å². The largest absolute Gasteiger partial charge is 0.356 e. The Kier molecular flexibility index (Phi) is 4.73. The molecule has 0 bridgehead atoms. The Hall–Kier alpha value is -1.16. The van der Waals surface area contributed by atoms with Gasteiger partial charge in [0.2, 0.25) is 5.95 Å². The van der Waals surface area contributed by atoms with Crippen molar-refractivity contribution in [1.29, 1.82) is 0 Å². The van der Waals surface area contributed by atoms with Crippen LogP contribution in [0.4, 0.5) is 10.2 Å². The molecule has 3 rings (SSSR count). The van der Waals surface area contributed by atoms with Crippen LogP contribution < -0.4 is 4.90 Å². The van der Waals surface area contributed by atoms with Gasteiger partial charge in [0, 0.05) is 19.6 Å². The Morgan fingerprint density at radius 1 is 1.19 bits per heavy atom. The summed E-state index contributed by atoms with van der Waals surface area (Å²) in [6.07, 6.45) is 5.15. The molecule has 1 unspecified atom stereocenters. The van der Waals surface area contributed by atoms with Crippen molar-refractivity contribution in [2.75, 3.05) is 37.6 Å². The summed E-state index contributed by atoms with van der Waals surface area (Å²) >= 11 is 0. The molecule has 0 aliphatic carbocycles. The number of anilines is 1. The fourth-order valence-corrected chi connectivity index (χ4v) is 3.61. The van der Waals surface area contributed by atoms with Crippen molar-refractivity contribution in [3.63, 3.8) is 0 Å². The highest BCUT2D eigenvalue weighted by molar-refractivity contribution is 5.38. The van der Waals surface area contributed by atoms with Gasteiger partial charge in [-0.2, -0.15) is 4.39 Å². The summed E-state index contributed by atoms with van der Waals surface area (Å²) in [5.41, 5.74) is 0. The van der Waals surface area contributed by atoms with Gasteiger partial charge in [0.15, 0.2) is 0 Å². The summed E-state index contributed by atoms with van der Waals surface area (Å²) in [6.45, 7) is 8.06. The molecule has 1 aromatic heterocycles. The third-order valence-corrected chi connectivity index (χ3v) is 4.94. The van der Waals surface area contributed by atoms with Gasteiger partial charge in [-0.25, -0.2) is 4.98 Å². The first-order valence-electron chi connectivity index (χ1n) is 8.30. The molecule has 21 heavy (non-hydrogen) atoms. The lowest BCUT2D eigenvalue weighted by Gasteiger charge is -2.38. The fourth-order valence-electron chi connectivity index (χ4n) is 3.61. The average molecular weight is 291 g/mol. The molecule has 2 saturated heterocycles. The zero-order valence-electron chi connectivity index (χ0n) is 13.0. The zero-order valence-corrected chi connectivity index (χ0v) is 13.0. The van der Waals surface area contributed by atoms with Crippen LogP contribution in [0.5, 0.6) is 0 Å². The van der Waals surface area contributed by atoms with Gasteiger partial charge in [-0.15, -0.1) is 0 Å². The molecule has 0 amide bonds. The lowest BCUT2D eigenvalue weighted by Crippen LogP contribution is -2.43. The van der Waals surface area contributed by atoms with Crippen LogP contribution in [0.25, 0.3) is 0 Å². The fraction of sp³-hybridized carbons (Fsp3) is 0.706. The van der Waals surface area contributed by atoms with E-state index in [-0.39, 0.29) is 5.95 Å². The van der Waals surface area contributed by atoms with E-state index in [0.29, 0.717) is 5.92 Å². The zero-order chi connectivity index (χ0) is 14.7. The SMILES string of the molecule is CC1CCN(CC2CCCN(c3cccc(F)n3)C2)CC1. The van der Waals surface area contributed by atoms with Gasteiger partial charge in [0.1, 0.15) is 5.82 Å². The van der Waals surface area contributed by atoms with Crippen molar-refractivity contribution in [2.24, 2.45) is 11.8 Å². The van der Waals surface area contributed by atoms with Crippen LogP contribution in [0.2, 0.25) is 0 Å². The first-order chi connectivity index (χ1) is 10.2. The Labute approximate surface area is 127 Å². The van der Waals surface area contributed by atoms with Crippen LogP contribution in [0.15, 0.2) is 18.2 Å². The number of rotatable bonds is 3. The normalized spacial score (nSPS) is 25.2. The number of hydrogen-bond donors (Lipinski definition) is 0. The Bertz CT molecular complexity index is 457. The standard InChI is InChI=1S/C17H26FN3/c1-14-7-10-20(11-8-14)12-15-4-3-9-21(13-15)17-6-2-5-16(18)19-17/h2,5-6,14-15H,3-4,7-13H2,1H3. The van der Waals surface area contributed by atoms with E-state index in [1.165, 1.54) is 51.4 Å². The van der Waals surface area contributed by atoms with Gasteiger partial charge >= 0.3 is 0 Å². The first kappa shape index (κ1) is 14.8. The number of pyridine rings is 1. The van der Waals surface area contributed by atoms with Gasteiger partial charge in [-0.05, 0) is 62.7 Å². The van der Waals surface area contributed by atoms with E-state index in [9.17, 15) is 4.39 Å². The molecule has 3 heterocycles. The average Bonchev–Trinajstić information content (AvgIpc) is 2.50. The van der Waals surface area contributed by atoms with Crippen LogP contribution in [-0.4, -0.2) is 42.6 Å². The van der Waals surface area contributed by atoms with Crippen LogP contribution in [0, 0.1) is 17.8 Å². The molecular weight excluding hydrogens is 265 g/mol. The third kappa shape index (κ3) is 3.94. The van der Waals surface area contributed by atoms with E-state index in [1.807, 2.05) is 6.07 Å². The molecule has 1 aromatic rings. The van der Waals surface area contributed by atoms with Gasteiger partial charge in [0.05, 0.1) is 0 Å². The molecule has 0 aromatic carbocycles. The lowest BCUT2D eigenvalue weighted by atomic mass is 9.94. The molecule has 3 nitrogen and oxygen atoms in total. The van der Waals surface area contributed by atoms with E-state index < -0.39 is 0 Å². The quantitative estimate of drug-likeness (QED) is 0.797. The van der Waals surface area contributed by atoms with Crippen molar-refractivity contribution < 1.29 is 4.39 Å². The molecule has 2 aliphatic heterocycles. The Morgan fingerprint density at radius 2 is 2.00 bits per heavy atom. The molecule has 2 fully saturated rings. The van der Waals surface area contributed by atoms with Gasteiger partial charge in [-0.3, -0.25) is 0 Å². The van der Waals surface area contributed by atoms with Crippen molar-refractivity contribution in [3.05, 3.63) is 24.1 Å². The highest BCUT2D eigenvalue weighted by atomic mass is 19.1. The van der Waals surface area contributed by atoms with Crippen molar-refractivity contribution >= 4 is 5.82 Å². The molecule has 0 saturated carbocycles. The van der Waals surface area contributed by atoms with E-state index in [0.717, 1.165) is 24.8 Å². The second kappa shape index (κ2) is 6.73. The van der Waals surface area contributed by atoms with Crippen LogP contribution in [0.1, 0.15) is 32.6 Å². The number of aromatic nitrogens is 1. The van der Waals surface area contributed by atoms with Gasteiger partial charge in [-0.1, -0.05) is 13.0 Å². The second-order valence-corrected chi connectivity index (χ2v) is 6.76. The van der Waals surface area contributed by atoms with Gasteiger partial charge < -0.3 is 9.80 Å². The van der Waals surface area contributed by atoms with Crippen LogP contribution in [0.3, 0.4) is 0 Å². The maximum atomic E-state index is 13.3. The van der Waals surface area contributed by atoms with E-state index in [4.69, 9.17) is 0 Å². The molecular formula is C17H26FN3. The van der Waals surface area contributed by atoms with Crippen LogP contribution in [-0.2, 0) is 0 Å². The molecule has 0 spiro atoms. The topological polar surface area (TPSA) is 19.4 Å². The second-order valence-electron chi connectivity index (χ2n) is 6.76. The lowest BCUT2D eigenvalue weighted by molar-refractivity contribution is 0.159. The minimum Gasteiger partial charge on any atom is -0.356 e. The smallest absolute Gasteiger partial charge is 0.214 e. The molecule has 1 atom stereocenters. The summed E-state index contributed by atoms with van der Waals surface area (Å²) in [4.78, 5) is 8.91. The molecule has 0 radical (unpaired) electrons. The maximum absolute atomic E-state index is 13.3. The van der Waals surface area contributed by atoms with Crippen molar-refractivity contribution in [3.8, 4) is 0 Å². The summed E-state index contributed by atoms with van der Waals surface area (Å²) in [6, 6.07) is 5.10. The van der Waals surface area contributed by atoms with Crippen LogP contribution >= 0.6 is 0 Å². The number of halogens is 1. The molecule has 2 aliphatic rings. The molecule has 4 heteroatoms. The summed E-state index contributed by atoms with van der Waals surface area (Å²) in [5, 5.41) is 0. The highest BCUT2D eigenvalue weighted by Gasteiger charge is 2.24. The number of hydrogen-bond acceptors (Lipinski definition) is 3. The van der Waals surface area contributed by atoms with Gasteiger partial charge in [0.25, 0.3) is 0 Å². The summed E-state index contributed by atoms with van der Waals surface area (Å²) in [5.74, 6) is 2.00. The first-order valence-corrected chi connectivity index (χ1v) is 8.30. The minimum absolute atomic E-state index is 0.375. The summed E-state index contributed by atoms with van der Waals surface area (Å²) in [7, 11) is 0. The highest BCUT2D eigenvalue weighted by Crippen LogP contribution is 2.24. The molecule has 116 valence electrons. The van der Waals surface area contributed by atoms with E-state index >= 15 is 0 Å². The van der Waals surface area contributed by atoms with E-state index in [1.54, 1.807) is 6.07 Å². The Balaban J connectivity index is 1.56. The molecule has 0 N–H and O–H groups in total. The predicted octanol–water partition coefficient (Wildman–Crippen LogP) is 3.17. The number of piperidine rings is 2. The number of likely N-dealkylation sites (tertiary alicyclic amines) is 1. The van der Waals surface area contributed by atoms with E-state index in [2.05, 4.69) is 21.7 Å². The Morgan fingerprint density at radius 3 is 2.76 bits per heavy atom. The predicted molar refractivity (Wildman–Crippen MR) is 84.0 cm³/mol. The minimum atomic E-state index is -0.375. The monoisotopic (exact) mass is 291 g/mol. The maximum Gasteiger partial charge on any atom is 0.214 e. The summed E-state index contributed by atoms with van der Waals surface area (Å²) < 4.78 is 13.3. The third-order valence-electron chi connectivity index (χ3n) is 4.94. The number of nitrogens with zero attached hydrogens (tertiary/aromatic N) is 3.